The number of aryl methyl sites for hydroxylation is 1. The van der Waals surface area contributed by atoms with Crippen LogP contribution >= 0.6 is 0 Å². The van der Waals surface area contributed by atoms with E-state index in [0.29, 0.717) is 24.2 Å². The summed E-state index contributed by atoms with van der Waals surface area (Å²) in [7, 11) is 0. The first-order valence-corrected chi connectivity index (χ1v) is 5.02. The van der Waals surface area contributed by atoms with Crippen molar-refractivity contribution in [3.05, 3.63) is 23.7 Å². The number of halogens is 1. The fraction of sp³-hybridized carbons (Fsp3) is 0.545. The van der Waals surface area contributed by atoms with Crippen molar-refractivity contribution >= 4 is 5.91 Å². The first-order valence-electron chi connectivity index (χ1n) is 5.02. The smallest absolute Gasteiger partial charge is 0.255 e. The molecule has 82 valence electrons. The molecule has 1 aliphatic carbocycles. The van der Waals surface area contributed by atoms with Gasteiger partial charge in [-0.3, -0.25) is 4.79 Å². The molecule has 0 radical (unpaired) electrons. The average Bonchev–Trinajstić information content (AvgIpc) is 2.47. The summed E-state index contributed by atoms with van der Waals surface area (Å²) in [6, 6.07) is 1.58. The van der Waals surface area contributed by atoms with Crippen LogP contribution in [0, 0.1) is 6.92 Å². The van der Waals surface area contributed by atoms with Crippen LogP contribution in [-0.2, 0) is 0 Å². The van der Waals surface area contributed by atoms with Gasteiger partial charge in [-0.05, 0) is 19.9 Å². The van der Waals surface area contributed by atoms with E-state index in [2.05, 4.69) is 5.32 Å². The highest BCUT2D eigenvalue weighted by Crippen LogP contribution is 2.35. The number of alkyl halides is 1. The van der Waals surface area contributed by atoms with E-state index in [4.69, 9.17) is 4.42 Å². The van der Waals surface area contributed by atoms with Crippen LogP contribution in [0.15, 0.2) is 16.7 Å². The van der Waals surface area contributed by atoms with Gasteiger partial charge in [0.05, 0.1) is 11.8 Å². The van der Waals surface area contributed by atoms with E-state index in [1.54, 1.807) is 19.9 Å². The van der Waals surface area contributed by atoms with Crippen molar-refractivity contribution in [2.75, 3.05) is 0 Å². The van der Waals surface area contributed by atoms with Gasteiger partial charge >= 0.3 is 0 Å². The number of hydrogen-bond donors (Lipinski definition) is 1. The molecule has 2 rings (SSSR count). The van der Waals surface area contributed by atoms with Gasteiger partial charge < -0.3 is 9.73 Å². The van der Waals surface area contributed by atoms with Crippen LogP contribution in [0.4, 0.5) is 4.39 Å². The van der Waals surface area contributed by atoms with Gasteiger partial charge in [0.15, 0.2) is 0 Å². The molecule has 1 aromatic heterocycles. The Labute approximate surface area is 87.7 Å². The standard InChI is InChI=1S/C11H14FNO2/c1-7-9(3-4-15-7)10(14)13-8-5-11(2,12)6-8/h3-4,8H,5-6H2,1-2H3,(H,13,14). The third kappa shape index (κ3) is 2.03. The van der Waals surface area contributed by atoms with E-state index < -0.39 is 5.67 Å². The largest absolute Gasteiger partial charge is 0.469 e. The number of nitrogens with one attached hydrogen (secondary N) is 1. The zero-order valence-corrected chi connectivity index (χ0v) is 8.84. The molecular weight excluding hydrogens is 197 g/mol. The topological polar surface area (TPSA) is 42.2 Å². The molecule has 0 aromatic carbocycles. The van der Waals surface area contributed by atoms with E-state index in [1.807, 2.05) is 0 Å². The normalized spacial score (nSPS) is 29.7. The first-order chi connectivity index (χ1) is 6.98. The minimum absolute atomic E-state index is 0.0400. The fourth-order valence-corrected chi connectivity index (χ4v) is 1.95. The van der Waals surface area contributed by atoms with E-state index in [-0.39, 0.29) is 11.9 Å². The summed E-state index contributed by atoms with van der Waals surface area (Å²) in [6.45, 7) is 3.29. The van der Waals surface area contributed by atoms with E-state index in [1.165, 1.54) is 6.26 Å². The molecule has 0 saturated heterocycles. The summed E-state index contributed by atoms with van der Waals surface area (Å²) in [5.41, 5.74) is -0.578. The maximum atomic E-state index is 13.2. The van der Waals surface area contributed by atoms with E-state index >= 15 is 0 Å². The van der Waals surface area contributed by atoms with Crippen LogP contribution in [0.1, 0.15) is 35.9 Å². The van der Waals surface area contributed by atoms with Crippen molar-refractivity contribution in [1.29, 1.82) is 0 Å². The second-order valence-corrected chi connectivity index (χ2v) is 4.38. The maximum Gasteiger partial charge on any atom is 0.255 e. The van der Waals surface area contributed by atoms with E-state index in [0.717, 1.165) is 0 Å². The quantitative estimate of drug-likeness (QED) is 0.814. The molecular formula is C11H14FNO2. The Morgan fingerprint density at radius 1 is 1.67 bits per heavy atom. The summed E-state index contributed by atoms with van der Waals surface area (Å²) in [5.74, 6) is 0.414. The predicted molar refractivity (Wildman–Crippen MR) is 53.4 cm³/mol. The zero-order chi connectivity index (χ0) is 11.1. The number of rotatable bonds is 2. The molecule has 0 spiro atoms. The second-order valence-electron chi connectivity index (χ2n) is 4.38. The summed E-state index contributed by atoms with van der Waals surface area (Å²) in [6.07, 6.45) is 2.27. The summed E-state index contributed by atoms with van der Waals surface area (Å²) in [4.78, 5) is 11.6. The molecule has 0 atom stereocenters. The van der Waals surface area contributed by atoms with Crippen molar-refractivity contribution in [3.63, 3.8) is 0 Å². The lowest BCUT2D eigenvalue weighted by Crippen LogP contribution is -2.51. The molecule has 0 unspecified atom stereocenters. The highest BCUT2D eigenvalue weighted by molar-refractivity contribution is 5.95. The molecule has 1 amide bonds. The van der Waals surface area contributed by atoms with Gasteiger partial charge in [0, 0.05) is 18.9 Å². The second kappa shape index (κ2) is 3.36. The minimum atomic E-state index is -1.11. The molecule has 1 aliphatic rings. The fourth-order valence-electron chi connectivity index (χ4n) is 1.95. The van der Waals surface area contributed by atoms with Gasteiger partial charge in [-0.25, -0.2) is 4.39 Å². The molecule has 3 nitrogen and oxygen atoms in total. The van der Waals surface area contributed by atoms with Gasteiger partial charge in [0.2, 0.25) is 0 Å². The maximum absolute atomic E-state index is 13.2. The lowest BCUT2D eigenvalue weighted by Gasteiger charge is -2.38. The Morgan fingerprint density at radius 2 is 2.33 bits per heavy atom. The SMILES string of the molecule is Cc1occc1C(=O)NC1CC(C)(F)C1. The number of furan rings is 1. The monoisotopic (exact) mass is 211 g/mol. The summed E-state index contributed by atoms with van der Waals surface area (Å²) >= 11 is 0. The minimum Gasteiger partial charge on any atom is -0.469 e. The number of carbonyl (C=O) groups is 1. The molecule has 1 aromatic rings. The number of amides is 1. The first kappa shape index (κ1) is 10.2. The van der Waals surface area contributed by atoms with Crippen LogP contribution in [0.5, 0.6) is 0 Å². The molecule has 15 heavy (non-hydrogen) atoms. The molecule has 1 N–H and O–H groups in total. The summed E-state index contributed by atoms with van der Waals surface area (Å²) in [5, 5.41) is 2.78. The lowest BCUT2D eigenvalue weighted by atomic mass is 9.79. The van der Waals surface area contributed by atoms with Gasteiger partial charge in [-0.2, -0.15) is 0 Å². The molecule has 1 saturated carbocycles. The Morgan fingerprint density at radius 3 is 2.80 bits per heavy atom. The van der Waals surface area contributed by atoms with Crippen molar-refractivity contribution in [2.45, 2.75) is 38.4 Å². The lowest BCUT2D eigenvalue weighted by molar-refractivity contribution is 0.0445. The Kier molecular flexibility index (Phi) is 2.29. The third-order valence-electron chi connectivity index (χ3n) is 2.78. The zero-order valence-electron chi connectivity index (χ0n) is 8.84. The summed E-state index contributed by atoms with van der Waals surface area (Å²) < 4.78 is 18.2. The third-order valence-corrected chi connectivity index (χ3v) is 2.78. The van der Waals surface area contributed by atoms with Gasteiger partial charge in [0.25, 0.3) is 5.91 Å². The highest BCUT2D eigenvalue weighted by Gasteiger charge is 2.41. The highest BCUT2D eigenvalue weighted by atomic mass is 19.1. The number of carbonyl (C=O) groups excluding carboxylic acids is 1. The predicted octanol–water partition coefficient (Wildman–Crippen LogP) is 2.21. The Bertz CT molecular complexity index is 376. The molecule has 1 fully saturated rings. The average molecular weight is 211 g/mol. The van der Waals surface area contributed by atoms with Crippen LogP contribution in [0.25, 0.3) is 0 Å². The number of hydrogen-bond acceptors (Lipinski definition) is 2. The van der Waals surface area contributed by atoms with Crippen LogP contribution in [-0.4, -0.2) is 17.6 Å². The molecule has 0 bridgehead atoms. The molecule has 0 aliphatic heterocycles. The molecule has 1 heterocycles. The van der Waals surface area contributed by atoms with Crippen LogP contribution in [0.2, 0.25) is 0 Å². The van der Waals surface area contributed by atoms with Crippen molar-refractivity contribution in [3.8, 4) is 0 Å². The molecule has 4 heteroatoms. The van der Waals surface area contributed by atoms with Crippen LogP contribution in [0.3, 0.4) is 0 Å². The van der Waals surface area contributed by atoms with Gasteiger partial charge in [0.1, 0.15) is 11.4 Å². The van der Waals surface area contributed by atoms with Crippen molar-refractivity contribution < 1.29 is 13.6 Å². The van der Waals surface area contributed by atoms with Crippen molar-refractivity contribution in [2.24, 2.45) is 0 Å². The Balaban J connectivity index is 1.92. The van der Waals surface area contributed by atoms with Gasteiger partial charge in [-0.15, -0.1) is 0 Å². The van der Waals surface area contributed by atoms with E-state index in [9.17, 15) is 9.18 Å². The van der Waals surface area contributed by atoms with Crippen molar-refractivity contribution in [1.82, 2.24) is 5.32 Å². The van der Waals surface area contributed by atoms with Gasteiger partial charge in [-0.1, -0.05) is 0 Å². The van der Waals surface area contributed by atoms with Crippen LogP contribution < -0.4 is 5.32 Å². The Hall–Kier alpha value is -1.32.